The third-order valence-corrected chi connectivity index (χ3v) is 5.83. The predicted molar refractivity (Wildman–Crippen MR) is 126 cm³/mol. The fraction of sp³-hybridized carbons (Fsp3) is 0.440. The van der Waals surface area contributed by atoms with Crippen LogP contribution in [-0.2, 0) is 14.3 Å². The van der Waals surface area contributed by atoms with Gasteiger partial charge in [-0.3, -0.25) is 9.59 Å². The van der Waals surface area contributed by atoms with Gasteiger partial charge in [-0.15, -0.1) is 8.78 Å². The Morgan fingerprint density at radius 3 is 2.26 bits per heavy atom. The molecule has 0 aromatic heterocycles. The molecule has 0 unspecified atom stereocenters. The Labute approximate surface area is 219 Å². The molecule has 3 rings (SSSR count). The van der Waals surface area contributed by atoms with Crippen LogP contribution in [0.1, 0.15) is 57.3 Å². The number of benzene rings is 2. The fourth-order valence-corrected chi connectivity index (χ4v) is 3.90. The third-order valence-electron chi connectivity index (χ3n) is 5.50. The number of hydrogen-bond acceptors (Lipinski definition) is 6. The van der Waals surface area contributed by atoms with Crippen molar-refractivity contribution in [3.63, 3.8) is 0 Å². The number of aliphatic hydroxyl groups is 1. The maximum absolute atomic E-state index is 13.7. The van der Waals surface area contributed by atoms with Crippen LogP contribution >= 0.6 is 11.6 Å². The molecule has 1 aliphatic heterocycles. The van der Waals surface area contributed by atoms with Crippen molar-refractivity contribution in [2.75, 3.05) is 5.32 Å². The molecule has 0 spiro atoms. The lowest BCUT2D eigenvalue weighted by molar-refractivity contribution is -0.286. The second-order valence-electron chi connectivity index (χ2n) is 9.72. The van der Waals surface area contributed by atoms with Gasteiger partial charge in [-0.2, -0.15) is 13.2 Å². The lowest BCUT2D eigenvalue weighted by Gasteiger charge is -2.26. The summed E-state index contributed by atoms with van der Waals surface area (Å²) >= 11 is 6.14. The first-order valence-electron chi connectivity index (χ1n) is 11.3. The van der Waals surface area contributed by atoms with Gasteiger partial charge in [0.15, 0.2) is 11.5 Å². The largest absolute Gasteiger partial charge is 0.586 e. The Balaban J connectivity index is 1.88. The van der Waals surface area contributed by atoms with Crippen LogP contribution in [0.15, 0.2) is 36.4 Å². The number of carbonyl (C=O) groups is 2. The molecule has 0 fully saturated rings. The van der Waals surface area contributed by atoms with Crippen LogP contribution in [0.4, 0.5) is 27.6 Å². The molecule has 208 valence electrons. The van der Waals surface area contributed by atoms with Crippen molar-refractivity contribution in [2.24, 2.45) is 5.92 Å². The van der Waals surface area contributed by atoms with E-state index in [1.54, 1.807) is 20.8 Å². The van der Waals surface area contributed by atoms with Gasteiger partial charge < -0.3 is 24.6 Å². The molecule has 7 nitrogen and oxygen atoms in total. The number of rotatable bonds is 7. The highest BCUT2D eigenvalue weighted by Crippen LogP contribution is 2.45. The Kier molecular flexibility index (Phi) is 8.18. The monoisotopic (exact) mass is 565 g/mol. The van der Waals surface area contributed by atoms with E-state index >= 15 is 0 Å². The van der Waals surface area contributed by atoms with E-state index in [1.165, 1.54) is 18.2 Å². The molecule has 2 aromatic carbocycles. The average molecular weight is 566 g/mol. The van der Waals surface area contributed by atoms with Gasteiger partial charge in [0.1, 0.15) is 5.60 Å². The Morgan fingerprint density at radius 2 is 1.66 bits per heavy atom. The predicted octanol–water partition coefficient (Wildman–Crippen LogP) is 6.35. The van der Waals surface area contributed by atoms with Gasteiger partial charge in [-0.05, 0) is 56.2 Å². The molecule has 38 heavy (non-hydrogen) atoms. The molecule has 2 aromatic rings. The number of amides is 1. The van der Waals surface area contributed by atoms with E-state index in [2.05, 4.69) is 14.8 Å². The molecule has 1 aliphatic rings. The smallest absolute Gasteiger partial charge is 0.460 e. The highest BCUT2D eigenvalue weighted by molar-refractivity contribution is 6.33. The number of carbonyl (C=O) groups excluding carboxylic acids is 2. The fourth-order valence-electron chi connectivity index (χ4n) is 3.73. The van der Waals surface area contributed by atoms with E-state index < -0.39 is 65.8 Å². The zero-order valence-electron chi connectivity index (χ0n) is 20.7. The molecule has 13 heteroatoms. The molecule has 3 atom stereocenters. The first-order chi connectivity index (χ1) is 17.4. The molecule has 0 radical (unpaired) electrons. The van der Waals surface area contributed by atoms with Crippen molar-refractivity contribution in [3.8, 4) is 11.5 Å². The van der Waals surface area contributed by atoms with Gasteiger partial charge in [0, 0.05) is 0 Å². The van der Waals surface area contributed by atoms with E-state index in [-0.39, 0.29) is 21.8 Å². The van der Waals surface area contributed by atoms with E-state index in [4.69, 9.17) is 16.3 Å². The van der Waals surface area contributed by atoms with Gasteiger partial charge in [0.25, 0.3) is 0 Å². The number of hydrogen-bond donors (Lipinski definition) is 2. The van der Waals surface area contributed by atoms with Crippen molar-refractivity contribution in [2.45, 2.75) is 64.2 Å². The number of fused-ring (bicyclic) bond motifs is 1. The summed E-state index contributed by atoms with van der Waals surface area (Å²) in [4.78, 5) is 25.2. The number of anilines is 1. The SMILES string of the molecule is C[C@H]([C@H](C(=O)Nc1cc([C@H](O)CC(=O)OC(C)(C)C)ccc1Cl)c1ccc2c(c1)OC(F)(F)O2)C(F)(F)F. The van der Waals surface area contributed by atoms with E-state index in [1.807, 2.05) is 0 Å². The number of nitrogens with one attached hydrogen (secondary N) is 1. The van der Waals surface area contributed by atoms with Crippen LogP contribution in [0.5, 0.6) is 11.5 Å². The third kappa shape index (κ3) is 7.25. The number of alkyl halides is 5. The van der Waals surface area contributed by atoms with E-state index in [9.17, 15) is 36.6 Å². The van der Waals surface area contributed by atoms with Crippen molar-refractivity contribution < 1.29 is 50.9 Å². The lowest BCUT2D eigenvalue weighted by Crippen LogP contribution is -2.34. The van der Waals surface area contributed by atoms with Crippen LogP contribution in [0.25, 0.3) is 0 Å². The zero-order chi connectivity index (χ0) is 28.6. The van der Waals surface area contributed by atoms with Gasteiger partial charge in [0.2, 0.25) is 5.91 Å². The Morgan fingerprint density at radius 1 is 1.05 bits per heavy atom. The van der Waals surface area contributed by atoms with E-state index in [0.29, 0.717) is 0 Å². The topological polar surface area (TPSA) is 94.1 Å². The maximum Gasteiger partial charge on any atom is 0.586 e. The van der Waals surface area contributed by atoms with Gasteiger partial charge >= 0.3 is 18.4 Å². The summed E-state index contributed by atoms with van der Waals surface area (Å²) in [6.45, 7) is 5.72. The average Bonchev–Trinajstić information content (AvgIpc) is 3.06. The summed E-state index contributed by atoms with van der Waals surface area (Å²) in [5.74, 6) is -6.91. The van der Waals surface area contributed by atoms with Gasteiger partial charge in [-0.1, -0.05) is 30.7 Å². The molecule has 0 saturated heterocycles. The van der Waals surface area contributed by atoms with E-state index in [0.717, 1.165) is 25.1 Å². The van der Waals surface area contributed by atoms with Crippen molar-refractivity contribution in [1.29, 1.82) is 0 Å². The maximum atomic E-state index is 13.7. The van der Waals surface area contributed by atoms with Crippen molar-refractivity contribution >= 4 is 29.2 Å². The minimum atomic E-state index is -4.84. The Bertz CT molecular complexity index is 1210. The highest BCUT2D eigenvalue weighted by Gasteiger charge is 2.47. The summed E-state index contributed by atoms with van der Waals surface area (Å²) in [5, 5.41) is 12.7. The number of aliphatic hydroxyl groups excluding tert-OH is 1. The molecular formula is C25H25ClF5NO6. The normalized spacial score (nSPS) is 16.9. The summed E-state index contributed by atoms with van der Waals surface area (Å²) in [6.07, 6.45) is -10.6. The molecule has 1 heterocycles. The second kappa shape index (κ2) is 10.6. The number of halogens is 6. The van der Waals surface area contributed by atoms with Crippen LogP contribution in [0, 0.1) is 5.92 Å². The highest BCUT2D eigenvalue weighted by atomic mass is 35.5. The molecule has 1 amide bonds. The van der Waals surface area contributed by atoms with Crippen LogP contribution < -0.4 is 14.8 Å². The standard InChI is InChI=1S/C25H25ClF5NO6/c1-12(24(27,28)29)21(14-6-8-18-19(10-14)37-25(30,31)36-18)22(35)32-16-9-13(5-7-15(16)26)17(33)11-20(34)38-23(2,3)4/h5-10,12,17,21,33H,11H2,1-4H3,(H,32,35)/t12-,17-,21+/m1/s1. The second-order valence-corrected chi connectivity index (χ2v) is 10.1. The van der Waals surface area contributed by atoms with Gasteiger partial charge in [-0.25, -0.2) is 0 Å². The number of esters is 1. The van der Waals surface area contributed by atoms with Crippen LogP contribution in [0.2, 0.25) is 5.02 Å². The summed E-state index contributed by atoms with van der Waals surface area (Å²) in [7, 11) is 0. The first-order valence-corrected chi connectivity index (χ1v) is 11.7. The molecule has 0 bridgehead atoms. The summed E-state index contributed by atoms with van der Waals surface area (Å²) < 4.78 is 81.7. The Hall–Kier alpha value is -3.12. The lowest BCUT2D eigenvalue weighted by atomic mass is 9.85. The van der Waals surface area contributed by atoms with Crippen molar-refractivity contribution in [3.05, 3.63) is 52.5 Å². The molecule has 0 aliphatic carbocycles. The molecule has 2 N–H and O–H groups in total. The summed E-state index contributed by atoms with van der Waals surface area (Å²) in [5.41, 5.74) is -1.04. The molecule has 0 saturated carbocycles. The van der Waals surface area contributed by atoms with Crippen LogP contribution in [-0.4, -0.2) is 35.1 Å². The van der Waals surface area contributed by atoms with Crippen LogP contribution in [0.3, 0.4) is 0 Å². The zero-order valence-corrected chi connectivity index (χ0v) is 21.4. The number of ether oxygens (including phenoxy) is 3. The first kappa shape index (κ1) is 29.4. The minimum Gasteiger partial charge on any atom is -0.460 e. The molecular weight excluding hydrogens is 541 g/mol. The van der Waals surface area contributed by atoms with Gasteiger partial charge in [0.05, 0.1) is 35.1 Å². The minimum absolute atomic E-state index is 0.0599. The van der Waals surface area contributed by atoms with Crippen molar-refractivity contribution in [1.82, 2.24) is 0 Å². The quantitative estimate of drug-likeness (QED) is 0.300. The summed E-state index contributed by atoms with van der Waals surface area (Å²) in [6, 6.07) is 6.79.